The van der Waals surface area contributed by atoms with Crippen molar-refractivity contribution < 1.29 is 9.53 Å². The third-order valence-corrected chi connectivity index (χ3v) is 4.52. The van der Waals surface area contributed by atoms with E-state index >= 15 is 0 Å². The third kappa shape index (κ3) is 3.91. The van der Waals surface area contributed by atoms with E-state index in [1.807, 2.05) is 18.2 Å². The van der Waals surface area contributed by atoms with Crippen LogP contribution in [0.5, 0.6) is 0 Å². The average molecular weight is 385 g/mol. The first kappa shape index (κ1) is 17.4. The lowest BCUT2D eigenvalue weighted by molar-refractivity contribution is 0.102. The van der Waals surface area contributed by atoms with Gasteiger partial charge in [-0.1, -0.05) is 17.7 Å². The van der Waals surface area contributed by atoms with Gasteiger partial charge in [-0.05, 0) is 46.8 Å². The van der Waals surface area contributed by atoms with Crippen LogP contribution in [-0.4, -0.2) is 52.4 Å². The van der Waals surface area contributed by atoms with Gasteiger partial charge in [-0.2, -0.15) is 0 Å². The summed E-state index contributed by atoms with van der Waals surface area (Å²) in [6.45, 7) is 2.84. The van der Waals surface area contributed by atoms with E-state index in [1.54, 1.807) is 24.3 Å². The number of carbonyl (C=O) groups is 1. The highest BCUT2D eigenvalue weighted by molar-refractivity contribution is 6.31. The molecule has 1 fully saturated rings. The molecule has 4 rings (SSSR count). The SMILES string of the molecule is O=C(Nc1cc(Cl)ccc1N1CCOCC1)c1cccc(-n2cnnn2)c1. The van der Waals surface area contributed by atoms with Crippen molar-refractivity contribution in [1.29, 1.82) is 0 Å². The topological polar surface area (TPSA) is 85.2 Å². The Balaban J connectivity index is 1.59. The predicted octanol–water partition coefficient (Wildman–Crippen LogP) is 2.40. The fourth-order valence-corrected chi connectivity index (χ4v) is 3.12. The lowest BCUT2D eigenvalue weighted by atomic mass is 10.1. The van der Waals surface area contributed by atoms with Gasteiger partial charge < -0.3 is 15.0 Å². The number of morpholine rings is 1. The van der Waals surface area contributed by atoms with Crippen molar-refractivity contribution in [2.45, 2.75) is 0 Å². The highest BCUT2D eigenvalue weighted by Crippen LogP contribution is 2.30. The Morgan fingerprint density at radius 3 is 2.78 bits per heavy atom. The van der Waals surface area contributed by atoms with Crippen molar-refractivity contribution >= 4 is 28.9 Å². The minimum Gasteiger partial charge on any atom is -0.378 e. The van der Waals surface area contributed by atoms with E-state index < -0.39 is 0 Å². The van der Waals surface area contributed by atoms with Crippen LogP contribution in [0.2, 0.25) is 5.02 Å². The first-order valence-electron chi connectivity index (χ1n) is 8.48. The minimum atomic E-state index is -0.235. The second-order valence-electron chi connectivity index (χ2n) is 6.02. The molecule has 0 atom stereocenters. The van der Waals surface area contributed by atoms with E-state index in [0.29, 0.717) is 35.2 Å². The fraction of sp³-hybridized carbons (Fsp3) is 0.222. The lowest BCUT2D eigenvalue weighted by Crippen LogP contribution is -2.36. The van der Waals surface area contributed by atoms with E-state index in [4.69, 9.17) is 16.3 Å². The molecule has 1 amide bonds. The number of carbonyl (C=O) groups excluding carboxylic acids is 1. The number of amides is 1. The van der Waals surface area contributed by atoms with Gasteiger partial charge in [0.05, 0.1) is 30.3 Å². The van der Waals surface area contributed by atoms with Crippen LogP contribution >= 0.6 is 11.6 Å². The van der Waals surface area contributed by atoms with Crippen molar-refractivity contribution in [2.75, 3.05) is 36.5 Å². The normalized spacial score (nSPS) is 14.2. The van der Waals surface area contributed by atoms with E-state index in [9.17, 15) is 4.79 Å². The molecule has 1 aliphatic heterocycles. The average Bonchev–Trinajstić information content (AvgIpc) is 3.24. The van der Waals surface area contributed by atoms with Crippen LogP contribution in [0.3, 0.4) is 0 Å². The van der Waals surface area contributed by atoms with Gasteiger partial charge in [0.25, 0.3) is 5.91 Å². The second-order valence-corrected chi connectivity index (χ2v) is 6.46. The van der Waals surface area contributed by atoms with E-state index in [-0.39, 0.29) is 5.91 Å². The number of nitrogens with one attached hydrogen (secondary N) is 1. The van der Waals surface area contributed by atoms with Gasteiger partial charge in [-0.25, -0.2) is 4.68 Å². The molecule has 8 nitrogen and oxygen atoms in total. The standard InChI is InChI=1S/C18H17ClN6O2/c19-14-4-5-17(24-6-8-27-9-7-24)16(11-14)21-18(26)13-2-1-3-15(10-13)25-12-20-22-23-25/h1-5,10-12H,6-9H2,(H,21,26). The Hall–Kier alpha value is -2.97. The number of nitrogens with zero attached hydrogens (tertiary/aromatic N) is 5. The summed E-state index contributed by atoms with van der Waals surface area (Å²) in [5.74, 6) is -0.235. The summed E-state index contributed by atoms with van der Waals surface area (Å²) in [6, 6.07) is 12.6. The van der Waals surface area contributed by atoms with Gasteiger partial charge in [-0.3, -0.25) is 4.79 Å². The Bertz CT molecular complexity index is 941. The van der Waals surface area contributed by atoms with Gasteiger partial charge in [0.15, 0.2) is 0 Å². The molecule has 138 valence electrons. The molecule has 0 aliphatic carbocycles. The van der Waals surface area contributed by atoms with Crippen LogP contribution < -0.4 is 10.2 Å². The van der Waals surface area contributed by atoms with Gasteiger partial charge in [0, 0.05) is 23.7 Å². The highest BCUT2D eigenvalue weighted by atomic mass is 35.5. The van der Waals surface area contributed by atoms with Crippen LogP contribution in [0.1, 0.15) is 10.4 Å². The number of ether oxygens (including phenoxy) is 1. The summed E-state index contributed by atoms with van der Waals surface area (Å²) < 4.78 is 6.91. The number of anilines is 2. The van der Waals surface area contributed by atoms with Crippen molar-refractivity contribution in [2.24, 2.45) is 0 Å². The third-order valence-electron chi connectivity index (χ3n) is 4.28. The van der Waals surface area contributed by atoms with Gasteiger partial charge >= 0.3 is 0 Å². The first-order chi connectivity index (χ1) is 13.2. The van der Waals surface area contributed by atoms with E-state index in [1.165, 1.54) is 11.0 Å². The van der Waals surface area contributed by atoms with Gasteiger partial charge in [0.2, 0.25) is 0 Å². The molecule has 3 aromatic rings. The van der Waals surface area contributed by atoms with Gasteiger partial charge in [0.1, 0.15) is 6.33 Å². The molecule has 0 bridgehead atoms. The molecular weight excluding hydrogens is 368 g/mol. The number of benzene rings is 2. The first-order valence-corrected chi connectivity index (χ1v) is 8.85. The molecule has 0 unspecified atom stereocenters. The molecule has 9 heteroatoms. The summed E-state index contributed by atoms with van der Waals surface area (Å²) >= 11 is 6.16. The van der Waals surface area contributed by atoms with E-state index in [0.717, 1.165) is 18.8 Å². The fourth-order valence-electron chi connectivity index (χ4n) is 2.95. The quantitative estimate of drug-likeness (QED) is 0.743. The summed E-state index contributed by atoms with van der Waals surface area (Å²) in [5, 5.41) is 14.6. The molecule has 2 aromatic carbocycles. The predicted molar refractivity (Wildman–Crippen MR) is 102 cm³/mol. The Morgan fingerprint density at radius 2 is 2.00 bits per heavy atom. The number of hydrogen-bond donors (Lipinski definition) is 1. The van der Waals surface area contributed by atoms with Crippen molar-refractivity contribution in [1.82, 2.24) is 20.2 Å². The molecule has 0 saturated carbocycles. The maximum atomic E-state index is 12.8. The van der Waals surface area contributed by atoms with Crippen LogP contribution in [-0.2, 0) is 4.74 Å². The minimum absolute atomic E-state index is 0.235. The van der Waals surface area contributed by atoms with Crippen LogP contribution in [0, 0.1) is 0 Å². The summed E-state index contributed by atoms with van der Waals surface area (Å²) in [7, 11) is 0. The largest absolute Gasteiger partial charge is 0.378 e. The number of halogens is 1. The second kappa shape index (κ2) is 7.73. The Morgan fingerprint density at radius 1 is 1.15 bits per heavy atom. The molecule has 2 heterocycles. The summed E-state index contributed by atoms with van der Waals surface area (Å²) in [4.78, 5) is 15.0. The zero-order valence-electron chi connectivity index (χ0n) is 14.4. The maximum Gasteiger partial charge on any atom is 0.255 e. The number of hydrogen-bond acceptors (Lipinski definition) is 6. The molecule has 0 spiro atoms. The molecule has 1 aromatic heterocycles. The molecule has 1 N–H and O–H groups in total. The van der Waals surface area contributed by atoms with Crippen molar-refractivity contribution in [3.8, 4) is 5.69 Å². The van der Waals surface area contributed by atoms with Crippen LogP contribution in [0.25, 0.3) is 5.69 Å². The van der Waals surface area contributed by atoms with Crippen LogP contribution in [0.15, 0.2) is 48.8 Å². The molecule has 1 aliphatic rings. The number of tetrazole rings is 1. The monoisotopic (exact) mass is 384 g/mol. The van der Waals surface area contributed by atoms with Crippen molar-refractivity contribution in [3.63, 3.8) is 0 Å². The Labute approximate surface area is 160 Å². The smallest absolute Gasteiger partial charge is 0.255 e. The molecule has 0 radical (unpaired) electrons. The zero-order chi connectivity index (χ0) is 18.6. The number of rotatable bonds is 4. The Kier molecular flexibility index (Phi) is 4.99. The number of aromatic nitrogens is 4. The molecular formula is C18H17ClN6O2. The van der Waals surface area contributed by atoms with Gasteiger partial charge in [-0.15, -0.1) is 5.10 Å². The molecule has 27 heavy (non-hydrogen) atoms. The summed E-state index contributed by atoms with van der Waals surface area (Å²) in [5.41, 5.74) is 2.79. The molecule has 1 saturated heterocycles. The highest BCUT2D eigenvalue weighted by Gasteiger charge is 2.17. The lowest BCUT2D eigenvalue weighted by Gasteiger charge is -2.30. The van der Waals surface area contributed by atoms with E-state index in [2.05, 4.69) is 25.7 Å². The maximum absolute atomic E-state index is 12.8. The zero-order valence-corrected chi connectivity index (χ0v) is 15.1. The van der Waals surface area contributed by atoms with Crippen molar-refractivity contribution in [3.05, 3.63) is 59.4 Å². The summed E-state index contributed by atoms with van der Waals surface area (Å²) in [6.07, 6.45) is 1.48. The van der Waals surface area contributed by atoms with Crippen LogP contribution in [0.4, 0.5) is 11.4 Å².